The lowest BCUT2D eigenvalue weighted by molar-refractivity contribution is 0.221. The second-order valence-electron chi connectivity index (χ2n) is 6.68. The minimum atomic E-state index is 0.929. The van der Waals surface area contributed by atoms with Gasteiger partial charge < -0.3 is 5.32 Å². The van der Waals surface area contributed by atoms with Crippen molar-refractivity contribution in [2.75, 3.05) is 13.1 Å². The van der Waals surface area contributed by atoms with Crippen molar-refractivity contribution in [2.24, 2.45) is 0 Å². The average molecular weight is 308 g/mol. The van der Waals surface area contributed by atoms with Gasteiger partial charge in [-0.3, -0.25) is 4.90 Å². The standard InChI is InChI=1S/C21H28N2/c1-18-7-3-4-8-21(18)16-22-15-19-9-11-20(12-10-19)17-23-13-5-2-6-14-23/h3-4,7-12,22H,2,5-6,13-17H2,1H3. The van der Waals surface area contributed by atoms with Crippen molar-refractivity contribution >= 4 is 0 Å². The van der Waals surface area contributed by atoms with Crippen LogP contribution >= 0.6 is 0 Å². The summed E-state index contributed by atoms with van der Waals surface area (Å²) in [5.74, 6) is 0. The van der Waals surface area contributed by atoms with Crippen LogP contribution in [-0.4, -0.2) is 18.0 Å². The normalized spacial score (nSPS) is 15.7. The molecule has 2 aromatic carbocycles. The molecule has 3 rings (SSSR count). The highest BCUT2D eigenvalue weighted by molar-refractivity contribution is 5.26. The predicted octanol–water partition coefficient (Wildman–Crippen LogP) is 4.27. The van der Waals surface area contributed by atoms with Crippen molar-refractivity contribution in [1.29, 1.82) is 0 Å². The molecule has 0 aliphatic carbocycles. The van der Waals surface area contributed by atoms with Crippen molar-refractivity contribution in [3.63, 3.8) is 0 Å². The van der Waals surface area contributed by atoms with Crippen LogP contribution in [0.1, 0.15) is 41.5 Å². The minimum absolute atomic E-state index is 0.929. The number of rotatable bonds is 6. The summed E-state index contributed by atoms with van der Waals surface area (Å²) in [5, 5.41) is 3.55. The van der Waals surface area contributed by atoms with Crippen LogP contribution in [0.2, 0.25) is 0 Å². The molecule has 2 aromatic rings. The lowest BCUT2D eigenvalue weighted by atomic mass is 10.1. The Morgan fingerprint density at radius 1 is 0.826 bits per heavy atom. The fraction of sp³-hybridized carbons (Fsp3) is 0.429. The van der Waals surface area contributed by atoms with Gasteiger partial charge in [0, 0.05) is 19.6 Å². The Bertz CT molecular complexity index is 597. The number of hydrogen-bond donors (Lipinski definition) is 1. The summed E-state index contributed by atoms with van der Waals surface area (Å²) < 4.78 is 0. The van der Waals surface area contributed by atoms with E-state index < -0.39 is 0 Å². The number of nitrogens with zero attached hydrogens (tertiary/aromatic N) is 1. The van der Waals surface area contributed by atoms with Crippen LogP contribution < -0.4 is 5.32 Å². The van der Waals surface area contributed by atoms with E-state index in [-0.39, 0.29) is 0 Å². The quantitative estimate of drug-likeness (QED) is 0.857. The number of hydrogen-bond acceptors (Lipinski definition) is 2. The Kier molecular flexibility index (Phi) is 5.84. The van der Waals surface area contributed by atoms with Crippen molar-refractivity contribution in [1.82, 2.24) is 10.2 Å². The highest BCUT2D eigenvalue weighted by atomic mass is 15.1. The third-order valence-electron chi connectivity index (χ3n) is 4.78. The molecule has 0 amide bonds. The zero-order chi connectivity index (χ0) is 15.9. The van der Waals surface area contributed by atoms with E-state index in [1.165, 1.54) is 54.6 Å². The zero-order valence-corrected chi connectivity index (χ0v) is 14.2. The van der Waals surface area contributed by atoms with Gasteiger partial charge in [0.1, 0.15) is 0 Å². The zero-order valence-electron chi connectivity index (χ0n) is 14.2. The van der Waals surface area contributed by atoms with Gasteiger partial charge in [0.15, 0.2) is 0 Å². The lowest BCUT2D eigenvalue weighted by Crippen LogP contribution is -2.29. The molecule has 1 aliphatic rings. The monoisotopic (exact) mass is 308 g/mol. The summed E-state index contributed by atoms with van der Waals surface area (Å²) >= 11 is 0. The van der Waals surface area contributed by atoms with E-state index >= 15 is 0 Å². The van der Waals surface area contributed by atoms with E-state index in [9.17, 15) is 0 Å². The largest absolute Gasteiger partial charge is 0.309 e. The molecule has 2 heteroatoms. The van der Waals surface area contributed by atoms with Gasteiger partial charge in [0.05, 0.1) is 0 Å². The van der Waals surface area contributed by atoms with Crippen LogP contribution in [0.3, 0.4) is 0 Å². The minimum Gasteiger partial charge on any atom is -0.309 e. The molecular formula is C21H28N2. The van der Waals surface area contributed by atoms with Gasteiger partial charge in [-0.1, -0.05) is 55.0 Å². The van der Waals surface area contributed by atoms with E-state index in [4.69, 9.17) is 0 Å². The fourth-order valence-electron chi connectivity index (χ4n) is 3.29. The Hall–Kier alpha value is -1.64. The molecule has 0 unspecified atom stereocenters. The molecule has 1 aliphatic heterocycles. The number of nitrogens with one attached hydrogen (secondary N) is 1. The SMILES string of the molecule is Cc1ccccc1CNCc1ccc(CN2CCCCC2)cc1. The maximum Gasteiger partial charge on any atom is 0.0233 e. The summed E-state index contributed by atoms with van der Waals surface area (Å²) in [4.78, 5) is 2.58. The highest BCUT2D eigenvalue weighted by Crippen LogP contribution is 2.14. The van der Waals surface area contributed by atoms with Gasteiger partial charge in [-0.15, -0.1) is 0 Å². The molecule has 2 nitrogen and oxygen atoms in total. The maximum absolute atomic E-state index is 3.55. The van der Waals surface area contributed by atoms with E-state index in [1.807, 2.05) is 0 Å². The molecule has 23 heavy (non-hydrogen) atoms. The molecule has 1 fully saturated rings. The fourth-order valence-corrected chi connectivity index (χ4v) is 3.29. The summed E-state index contributed by atoms with van der Waals surface area (Å²) in [5.41, 5.74) is 5.54. The number of piperidine rings is 1. The summed E-state index contributed by atoms with van der Waals surface area (Å²) in [7, 11) is 0. The maximum atomic E-state index is 3.55. The third-order valence-corrected chi connectivity index (χ3v) is 4.78. The molecule has 0 bridgehead atoms. The van der Waals surface area contributed by atoms with Crippen LogP contribution in [0.4, 0.5) is 0 Å². The third kappa shape index (κ3) is 4.92. The molecular weight excluding hydrogens is 280 g/mol. The summed E-state index contributed by atoms with van der Waals surface area (Å²) in [6.45, 7) is 7.67. The molecule has 1 saturated heterocycles. The van der Waals surface area contributed by atoms with Gasteiger partial charge in [-0.25, -0.2) is 0 Å². The average Bonchev–Trinajstić information content (AvgIpc) is 2.59. The first kappa shape index (κ1) is 16.2. The van der Waals surface area contributed by atoms with Gasteiger partial charge >= 0.3 is 0 Å². The van der Waals surface area contributed by atoms with Crippen molar-refractivity contribution in [3.05, 3.63) is 70.8 Å². The summed E-state index contributed by atoms with van der Waals surface area (Å²) in [6.07, 6.45) is 4.13. The number of likely N-dealkylation sites (tertiary alicyclic amines) is 1. The highest BCUT2D eigenvalue weighted by Gasteiger charge is 2.10. The first-order valence-corrected chi connectivity index (χ1v) is 8.87. The van der Waals surface area contributed by atoms with Crippen LogP contribution in [0.5, 0.6) is 0 Å². The number of benzene rings is 2. The van der Waals surface area contributed by atoms with Gasteiger partial charge in [-0.2, -0.15) is 0 Å². The van der Waals surface area contributed by atoms with Crippen molar-refractivity contribution in [3.8, 4) is 0 Å². The topological polar surface area (TPSA) is 15.3 Å². The smallest absolute Gasteiger partial charge is 0.0233 e. The van der Waals surface area contributed by atoms with Gasteiger partial charge in [0.2, 0.25) is 0 Å². The van der Waals surface area contributed by atoms with E-state index in [2.05, 4.69) is 65.7 Å². The Morgan fingerprint density at radius 3 is 2.26 bits per heavy atom. The second-order valence-corrected chi connectivity index (χ2v) is 6.68. The van der Waals surface area contributed by atoms with Crippen molar-refractivity contribution < 1.29 is 0 Å². The molecule has 0 radical (unpaired) electrons. The number of aryl methyl sites for hydroxylation is 1. The predicted molar refractivity (Wildman–Crippen MR) is 97.3 cm³/mol. The lowest BCUT2D eigenvalue weighted by Gasteiger charge is -2.26. The molecule has 122 valence electrons. The van der Waals surface area contributed by atoms with Crippen molar-refractivity contribution in [2.45, 2.75) is 45.8 Å². The van der Waals surface area contributed by atoms with Crippen LogP contribution in [0.25, 0.3) is 0 Å². The molecule has 1 heterocycles. The molecule has 1 N–H and O–H groups in total. The Balaban J connectivity index is 1.46. The van der Waals surface area contributed by atoms with Gasteiger partial charge in [0.25, 0.3) is 0 Å². The van der Waals surface area contributed by atoms with Crippen LogP contribution in [0.15, 0.2) is 48.5 Å². The first-order valence-electron chi connectivity index (χ1n) is 8.87. The van der Waals surface area contributed by atoms with Crippen LogP contribution in [0, 0.1) is 6.92 Å². The van der Waals surface area contributed by atoms with E-state index in [0.717, 1.165) is 19.6 Å². The molecule has 0 saturated carbocycles. The molecule has 0 aromatic heterocycles. The van der Waals surface area contributed by atoms with Crippen LogP contribution in [-0.2, 0) is 19.6 Å². The Morgan fingerprint density at radius 2 is 1.52 bits per heavy atom. The molecule has 0 atom stereocenters. The molecule has 0 spiro atoms. The summed E-state index contributed by atoms with van der Waals surface area (Å²) in [6, 6.07) is 17.7. The van der Waals surface area contributed by atoms with Gasteiger partial charge in [-0.05, 0) is 55.1 Å². The van der Waals surface area contributed by atoms with E-state index in [0.29, 0.717) is 0 Å². The first-order chi connectivity index (χ1) is 11.3. The second kappa shape index (κ2) is 8.28. The van der Waals surface area contributed by atoms with E-state index in [1.54, 1.807) is 0 Å². The Labute approximate surface area is 140 Å².